The molecule has 0 fully saturated rings. The average molecular weight is 390 g/mol. The Kier molecular flexibility index (Phi) is 10.7. The number of unbranched alkanes of at least 4 members (excludes halogenated alkanes) is 3. The molecule has 0 heterocycles. The van der Waals surface area contributed by atoms with Gasteiger partial charge in [0.15, 0.2) is 0 Å². The smallest absolute Gasteiger partial charge is 0.310 e. The molecular weight excluding hydrogens is 364 g/mol. The lowest BCUT2D eigenvalue weighted by Gasteiger charge is -2.30. The van der Waals surface area contributed by atoms with Crippen molar-refractivity contribution in [2.75, 3.05) is 7.11 Å². The fraction of sp³-hybridized carbons (Fsp3) is 0.706. The van der Waals surface area contributed by atoms with Gasteiger partial charge in [0.05, 0.1) is 31.3 Å². The number of carboxylic acids is 4. The average Bonchev–Trinajstić information content (AvgIpc) is 2.55. The summed E-state index contributed by atoms with van der Waals surface area (Å²) in [7, 11) is 1.08. The number of hydrogen-bond donors (Lipinski definition) is 4. The van der Waals surface area contributed by atoms with Crippen molar-refractivity contribution in [3.63, 3.8) is 0 Å². The van der Waals surface area contributed by atoms with Crippen LogP contribution >= 0.6 is 0 Å². The lowest BCUT2D eigenvalue weighted by atomic mass is 9.72. The molecule has 0 bridgehead atoms. The Morgan fingerprint density at radius 3 is 1.93 bits per heavy atom. The summed E-state index contributed by atoms with van der Waals surface area (Å²) in [5.41, 5.74) is -1.77. The van der Waals surface area contributed by atoms with E-state index in [-0.39, 0.29) is 12.8 Å². The number of hydrogen-bond acceptors (Lipinski definition) is 6. The van der Waals surface area contributed by atoms with Crippen LogP contribution in [0.3, 0.4) is 0 Å². The van der Waals surface area contributed by atoms with E-state index >= 15 is 0 Å². The molecule has 0 aliphatic heterocycles. The first-order valence-corrected chi connectivity index (χ1v) is 8.50. The van der Waals surface area contributed by atoms with E-state index in [0.29, 0.717) is 25.7 Å². The number of carboxylic acid groups (broad SMARTS) is 4. The minimum absolute atomic E-state index is 0.00800. The number of rotatable bonds is 15. The van der Waals surface area contributed by atoms with Crippen LogP contribution in [0.25, 0.3) is 0 Å². The van der Waals surface area contributed by atoms with Crippen molar-refractivity contribution in [3.05, 3.63) is 0 Å². The highest BCUT2D eigenvalue weighted by Gasteiger charge is 2.44. The largest absolute Gasteiger partial charge is 0.481 e. The van der Waals surface area contributed by atoms with Crippen LogP contribution in [0.1, 0.15) is 57.8 Å². The molecule has 0 aromatic rings. The zero-order valence-corrected chi connectivity index (χ0v) is 15.2. The number of esters is 1. The van der Waals surface area contributed by atoms with Gasteiger partial charge < -0.3 is 25.2 Å². The molecular formula is C17H26O10. The summed E-state index contributed by atoms with van der Waals surface area (Å²) >= 11 is 0. The van der Waals surface area contributed by atoms with Crippen LogP contribution in [0.2, 0.25) is 0 Å². The van der Waals surface area contributed by atoms with Crippen LogP contribution < -0.4 is 0 Å². The van der Waals surface area contributed by atoms with Crippen molar-refractivity contribution in [2.24, 2.45) is 11.3 Å². The predicted octanol–water partition coefficient (Wildman–Crippen LogP) is 1.61. The van der Waals surface area contributed by atoms with E-state index in [1.165, 1.54) is 0 Å². The summed E-state index contributed by atoms with van der Waals surface area (Å²) in [6, 6.07) is 0. The third-order valence-electron chi connectivity index (χ3n) is 4.37. The molecule has 4 N–H and O–H groups in total. The molecule has 27 heavy (non-hydrogen) atoms. The maximum absolute atomic E-state index is 11.9. The minimum Gasteiger partial charge on any atom is -0.481 e. The second-order valence-electron chi connectivity index (χ2n) is 6.48. The van der Waals surface area contributed by atoms with E-state index in [0.717, 1.165) is 7.11 Å². The molecule has 0 radical (unpaired) electrons. The van der Waals surface area contributed by atoms with Crippen LogP contribution in [0.4, 0.5) is 0 Å². The highest BCUT2D eigenvalue weighted by molar-refractivity contribution is 5.84. The normalized spacial score (nSPS) is 14.0. The molecule has 2 unspecified atom stereocenters. The maximum atomic E-state index is 11.9. The Bertz CT molecular complexity index is 556. The number of carbonyl (C=O) groups is 5. The molecule has 0 aliphatic carbocycles. The molecule has 2 atom stereocenters. The van der Waals surface area contributed by atoms with Crippen molar-refractivity contribution in [3.8, 4) is 0 Å². The van der Waals surface area contributed by atoms with E-state index in [1.807, 2.05) is 0 Å². The van der Waals surface area contributed by atoms with Gasteiger partial charge in [0, 0.05) is 6.42 Å². The monoisotopic (exact) mass is 390 g/mol. The summed E-state index contributed by atoms with van der Waals surface area (Å²) in [6.07, 6.45) is -0.126. The van der Waals surface area contributed by atoms with Gasteiger partial charge in [-0.25, -0.2) is 0 Å². The predicted molar refractivity (Wildman–Crippen MR) is 90.0 cm³/mol. The molecule has 0 saturated carbocycles. The van der Waals surface area contributed by atoms with Crippen LogP contribution in [0.5, 0.6) is 0 Å². The van der Waals surface area contributed by atoms with Gasteiger partial charge in [-0.3, -0.25) is 24.0 Å². The van der Waals surface area contributed by atoms with Crippen molar-refractivity contribution in [2.45, 2.75) is 57.8 Å². The molecule has 0 saturated heterocycles. The minimum atomic E-state index is -1.77. The van der Waals surface area contributed by atoms with Crippen molar-refractivity contribution >= 4 is 29.8 Å². The summed E-state index contributed by atoms with van der Waals surface area (Å²) in [5.74, 6) is -7.45. The topological polar surface area (TPSA) is 176 Å². The lowest BCUT2D eigenvalue weighted by molar-refractivity contribution is -0.162. The van der Waals surface area contributed by atoms with Gasteiger partial charge in [-0.2, -0.15) is 0 Å². The third kappa shape index (κ3) is 9.57. The molecule has 0 aliphatic rings. The summed E-state index contributed by atoms with van der Waals surface area (Å²) in [5, 5.41) is 36.4. The van der Waals surface area contributed by atoms with E-state index in [9.17, 15) is 34.2 Å². The first-order valence-electron chi connectivity index (χ1n) is 8.50. The van der Waals surface area contributed by atoms with E-state index in [1.54, 1.807) is 0 Å². The Labute approximate surface area is 156 Å². The Morgan fingerprint density at radius 1 is 0.889 bits per heavy atom. The molecule has 0 aromatic carbocycles. The third-order valence-corrected chi connectivity index (χ3v) is 4.37. The summed E-state index contributed by atoms with van der Waals surface area (Å²) < 4.78 is 4.52. The molecule has 0 aromatic heterocycles. The Balaban J connectivity index is 5.23. The van der Waals surface area contributed by atoms with Gasteiger partial charge in [-0.1, -0.05) is 19.3 Å². The zero-order valence-electron chi connectivity index (χ0n) is 15.2. The quantitative estimate of drug-likeness (QED) is 0.237. The van der Waals surface area contributed by atoms with Crippen LogP contribution in [-0.4, -0.2) is 57.4 Å². The van der Waals surface area contributed by atoms with Gasteiger partial charge >= 0.3 is 29.8 Å². The SMILES string of the molecule is COC(=O)CC(CCCCCCC(=O)O)(CC(CC(=O)O)C(=O)O)C(=O)O. The van der Waals surface area contributed by atoms with E-state index in [2.05, 4.69) is 4.74 Å². The van der Waals surface area contributed by atoms with Gasteiger partial charge in [0.2, 0.25) is 0 Å². The van der Waals surface area contributed by atoms with Crippen LogP contribution in [0, 0.1) is 11.3 Å². The second-order valence-corrected chi connectivity index (χ2v) is 6.48. The molecule has 10 heteroatoms. The first kappa shape index (κ1) is 24.4. The summed E-state index contributed by atoms with van der Waals surface area (Å²) in [4.78, 5) is 56.3. The highest BCUT2D eigenvalue weighted by atomic mass is 16.5. The van der Waals surface area contributed by atoms with Gasteiger partial charge in [0.25, 0.3) is 0 Å². The zero-order chi connectivity index (χ0) is 21.0. The molecule has 10 nitrogen and oxygen atoms in total. The standard InChI is InChI=1S/C17H26O10/c1-27-14(22)10-17(16(25)26,7-5-3-2-4-6-12(18)19)9-11(15(23)24)8-13(20)21/h11H,2-10H2,1H3,(H,18,19)(H,20,21)(H,23,24)(H,25,26). The number of ether oxygens (including phenoxy) is 1. The molecule has 0 spiro atoms. The Hall–Kier alpha value is -2.65. The number of carbonyl (C=O) groups excluding carboxylic acids is 1. The molecule has 154 valence electrons. The maximum Gasteiger partial charge on any atom is 0.310 e. The fourth-order valence-electron chi connectivity index (χ4n) is 2.90. The van der Waals surface area contributed by atoms with Gasteiger partial charge in [-0.05, 0) is 19.3 Å². The lowest BCUT2D eigenvalue weighted by Crippen LogP contribution is -2.38. The van der Waals surface area contributed by atoms with Crippen LogP contribution in [0.15, 0.2) is 0 Å². The van der Waals surface area contributed by atoms with Gasteiger partial charge in [0.1, 0.15) is 0 Å². The summed E-state index contributed by atoms with van der Waals surface area (Å²) in [6.45, 7) is 0. The fourth-order valence-corrected chi connectivity index (χ4v) is 2.90. The van der Waals surface area contributed by atoms with E-state index < -0.39 is 60.4 Å². The van der Waals surface area contributed by atoms with Crippen molar-refractivity contribution < 1.29 is 49.1 Å². The van der Waals surface area contributed by atoms with Gasteiger partial charge in [-0.15, -0.1) is 0 Å². The van der Waals surface area contributed by atoms with Crippen molar-refractivity contribution in [1.29, 1.82) is 0 Å². The number of methoxy groups -OCH3 is 1. The second kappa shape index (κ2) is 11.9. The number of aliphatic carboxylic acids is 4. The van der Waals surface area contributed by atoms with Crippen molar-refractivity contribution in [1.82, 2.24) is 0 Å². The van der Waals surface area contributed by atoms with E-state index in [4.69, 9.17) is 10.2 Å². The first-order chi connectivity index (χ1) is 12.5. The molecule has 0 amide bonds. The highest BCUT2D eigenvalue weighted by Crippen LogP contribution is 2.38. The van der Waals surface area contributed by atoms with Crippen LogP contribution in [-0.2, 0) is 28.7 Å². The Morgan fingerprint density at radius 2 is 1.48 bits per heavy atom. The molecule has 0 rings (SSSR count).